The van der Waals surface area contributed by atoms with Crippen molar-refractivity contribution in [3.05, 3.63) is 0 Å². The topological polar surface area (TPSA) is 6.48 Å². The van der Waals surface area contributed by atoms with Gasteiger partial charge in [-0.25, -0.2) is 0 Å². The molecule has 186 valence electrons. The van der Waals surface area contributed by atoms with Crippen LogP contribution in [0.1, 0.15) is 128 Å². The largest absolute Gasteiger partial charge is 2.00 e. The fraction of sp³-hybridized carbons (Fsp3) is 0.923. The van der Waals surface area contributed by atoms with E-state index in [-0.39, 0.29) is 27.3 Å². The molecule has 2 nitrogen and oxygen atoms in total. The van der Waals surface area contributed by atoms with Crippen LogP contribution in [0.15, 0.2) is 0 Å². The van der Waals surface area contributed by atoms with E-state index in [1.165, 1.54) is 128 Å². The van der Waals surface area contributed by atoms with Crippen molar-refractivity contribution in [1.82, 2.24) is 9.80 Å². The fourth-order valence-corrected chi connectivity index (χ4v) is 7.82. The molecular weight excluding hydrogens is 676 g/mol. The van der Waals surface area contributed by atoms with Crippen LogP contribution in [0.4, 0.5) is 0 Å². The Morgan fingerprint density at radius 1 is 0.424 bits per heavy atom. The minimum absolute atomic E-state index is 0. The van der Waals surface area contributed by atoms with Gasteiger partial charge >= 0.3 is 27.3 Å². The van der Waals surface area contributed by atoms with Gasteiger partial charge in [0, 0.05) is 24.2 Å². The van der Waals surface area contributed by atoms with Gasteiger partial charge in [0.1, 0.15) is 0 Å². The second kappa shape index (κ2) is 16.8. The molecule has 0 bridgehead atoms. The van der Waals surface area contributed by atoms with Crippen molar-refractivity contribution in [2.24, 2.45) is 0 Å². The van der Waals surface area contributed by atoms with Crippen molar-refractivity contribution in [2.75, 3.05) is 0 Å². The van der Waals surface area contributed by atoms with Crippen LogP contribution in [0.25, 0.3) is 0 Å². The van der Waals surface area contributed by atoms with Gasteiger partial charge in [0.05, 0.1) is 0 Å². The third-order valence-corrected chi connectivity index (χ3v) is 9.14. The molecule has 4 rings (SSSR count). The Morgan fingerprint density at radius 3 is 0.758 bits per heavy atom. The minimum atomic E-state index is 0. The Morgan fingerprint density at radius 2 is 0.606 bits per heavy atom. The average molecular weight is 720 g/mol. The van der Waals surface area contributed by atoms with Crippen molar-refractivity contribution < 1.29 is 0 Å². The predicted molar refractivity (Wildman–Crippen MR) is 157 cm³/mol. The molecule has 0 aromatic carbocycles. The molecule has 7 heteroatoms. The molecule has 0 aliphatic heterocycles. The first-order valence-electron chi connectivity index (χ1n) is 13.6. The molecular formula is C26H44N2PbS4. The van der Waals surface area contributed by atoms with Crippen LogP contribution in [0.5, 0.6) is 0 Å². The third kappa shape index (κ3) is 9.84. The maximum absolute atomic E-state index is 5.32. The number of nitrogens with zero attached hydrogens (tertiary/aromatic N) is 2. The molecule has 33 heavy (non-hydrogen) atoms. The van der Waals surface area contributed by atoms with E-state index in [9.17, 15) is 0 Å². The summed E-state index contributed by atoms with van der Waals surface area (Å²) in [5.41, 5.74) is 0. The molecule has 0 amide bonds. The predicted octanol–water partition coefficient (Wildman–Crippen LogP) is 7.19. The molecule has 4 aliphatic carbocycles. The van der Waals surface area contributed by atoms with Crippen LogP contribution in [-0.4, -0.2) is 69.9 Å². The van der Waals surface area contributed by atoms with Gasteiger partial charge in [-0.1, -0.05) is 85.7 Å². The van der Waals surface area contributed by atoms with E-state index >= 15 is 0 Å². The summed E-state index contributed by atoms with van der Waals surface area (Å²) in [5, 5.41) is 0. The molecule has 4 aliphatic rings. The SMILES string of the molecule is S=C([S-])N(C1CCCCC1)C1CCCCC1.S=C([S-])N(C1CCCCC1)C1CCCCC1.[Pb+2]. The molecule has 0 aromatic heterocycles. The third-order valence-electron chi connectivity index (χ3n) is 8.29. The molecule has 0 heterocycles. The zero-order chi connectivity index (χ0) is 22.8. The Balaban J connectivity index is 0.000000227. The summed E-state index contributed by atoms with van der Waals surface area (Å²) in [6.45, 7) is 0. The summed E-state index contributed by atoms with van der Waals surface area (Å²) in [5.74, 6) is 0. The molecule has 2 radical (unpaired) electrons. The van der Waals surface area contributed by atoms with Gasteiger partial charge in [-0.05, 0) is 51.4 Å². The summed E-state index contributed by atoms with van der Waals surface area (Å²) >= 11 is 21.3. The van der Waals surface area contributed by atoms with E-state index in [0.29, 0.717) is 24.2 Å². The zero-order valence-electron chi connectivity index (χ0n) is 20.5. The maximum Gasteiger partial charge on any atom is 2.00 e. The van der Waals surface area contributed by atoms with Crippen molar-refractivity contribution in [3.8, 4) is 0 Å². The van der Waals surface area contributed by atoms with E-state index in [2.05, 4.69) is 9.80 Å². The summed E-state index contributed by atoms with van der Waals surface area (Å²) < 4.78 is 1.47. The van der Waals surface area contributed by atoms with Crippen molar-refractivity contribution in [1.29, 1.82) is 0 Å². The first-order valence-corrected chi connectivity index (χ1v) is 15.2. The van der Waals surface area contributed by atoms with E-state index in [0.717, 1.165) is 8.64 Å². The van der Waals surface area contributed by atoms with Gasteiger partial charge in [-0.3, -0.25) is 0 Å². The molecule has 0 atom stereocenters. The molecule has 0 aromatic rings. The first-order chi connectivity index (χ1) is 15.6. The molecule has 0 unspecified atom stereocenters. The summed E-state index contributed by atoms with van der Waals surface area (Å²) in [6.07, 6.45) is 27.0. The Hall–Kier alpha value is 1.14. The molecule has 0 N–H and O–H groups in total. The van der Waals surface area contributed by atoms with Crippen LogP contribution in [0.3, 0.4) is 0 Å². The van der Waals surface area contributed by atoms with Gasteiger partial charge in [0.2, 0.25) is 0 Å². The minimum Gasteiger partial charge on any atom is -0.411 e. The van der Waals surface area contributed by atoms with E-state index in [1.54, 1.807) is 0 Å². The van der Waals surface area contributed by atoms with Crippen LogP contribution in [0.2, 0.25) is 0 Å². The Bertz CT molecular complexity index is 481. The van der Waals surface area contributed by atoms with Gasteiger partial charge < -0.3 is 59.5 Å². The van der Waals surface area contributed by atoms with Gasteiger partial charge in [0.25, 0.3) is 0 Å². The van der Waals surface area contributed by atoms with Crippen LogP contribution >= 0.6 is 24.4 Å². The first kappa shape index (κ1) is 30.4. The Kier molecular flexibility index (Phi) is 15.5. The van der Waals surface area contributed by atoms with Gasteiger partial charge in [-0.2, -0.15) is 0 Å². The van der Waals surface area contributed by atoms with Crippen molar-refractivity contribution in [2.45, 2.75) is 153 Å². The van der Waals surface area contributed by atoms with Crippen molar-refractivity contribution in [3.63, 3.8) is 0 Å². The normalized spacial score (nSPS) is 23.5. The van der Waals surface area contributed by atoms with Crippen LogP contribution in [0, 0.1) is 0 Å². The van der Waals surface area contributed by atoms with Gasteiger partial charge in [-0.15, -0.1) is 0 Å². The number of rotatable bonds is 4. The van der Waals surface area contributed by atoms with Crippen LogP contribution < -0.4 is 0 Å². The molecule has 0 spiro atoms. The molecule has 4 saturated carbocycles. The van der Waals surface area contributed by atoms with Crippen molar-refractivity contribution >= 4 is 85.6 Å². The smallest absolute Gasteiger partial charge is 0.411 e. The Labute approximate surface area is 246 Å². The number of hydrogen-bond donors (Lipinski definition) is 0. The van der Waals surface area contributed by atoms with E-state index in [4.69, 9.17) is 49.7 Å². The second-order valence-electron chi connectivity index (χ2n) is 10.5. The average Bonchev–Trinajstić information content (AvgIpc) is 2.82. The number of thiocarbonyl (C=S) groups is 2. The van der Waals surface area contributed by atoms with Gasteiger partial charge in [0.15, 0.2) is 0 Å². The number of hydrogen-bond acceptors (Lipinski definition) is 4. The monoisotopic (exact) mass is 720 g/mol. The quantitative estimate of drug-likeness (QED) is 0.171. The van der Waals surface area contributed by atoms with E-state index in [1.807, 2.05) is 0 Å². The molecule has 0 saturated heterocycles. The summed E-state index contributed by atoms with van der Waals surface area (Å²) in [4.78, 5) is 4.87. The van der Waals surface area contributed by atoms with Crippen LogP contribution in [-0.2, 0) is 25.3 Å². The summed E-state index contributed by atoms with van der Waals surface area (Å²) in [7, 11) is 0. The second-order valence-corrected chi connectivity index (χ2v) is 12.6. The molecule has 4 fully saturated rings. The maximum atomic E-state index is 5.32. The van der Waals surface area contributed by atoms with E-state index < -0.39 is 0 Å². The standard InChI is InChI=1S/2C13H23NS2.Pb/c2*15-13(16)14(11-7-3-1-4-8-11)12-9-5-2-6-10-12;/h2*11-12H,1-10H2,(H,15,16);/q;;+2/p-2. The zero-order valence-corrected chi connectivity index (χ0v) is 27.6. The summed E-state index contributed by atoms with van der Waals surface area (Å²) in [6, 6.07) is 2.67. The fourth-order valence-electron chi connectivity index (χ4n) is 6.63.